The highest BCUT2D eigenvalue weighted by Gasteiger charge is 2.60. The van der Waals surface area contributed by atoms with Gasteiger partial charge in [-0.3, -0.25) is 19.2 Å². The van der Waals surface area contributed by atoms with E-state index in [0.717, 1.165) is 11.1 Å². The number of aliphatic hydroxyl groups is 3. The van der Waals surface area contributed by atoms with E-state index in [2.05, 4.69) is 0 Å². The SMILES string of the molecule is CCC(=O)C(C)c1ccc(-c2ccc(O)c3c2C[C@H]2C[C@H]4CC(=O)C(C(N)=O)=C(O)[C@@]4(O)C(=O)C2=C3O)cc1. The van der Waals surface area contributed by atoms with Crippen LogP contribution in [0, 0.1) is 11.8 Å². The van der Waals surface area contributed by atoms with E-state index in [9.17, 15) is 39.6 Å². The normalized spacial score (nSPS) is 25.1. The van der Waals surface area contributed by atoms with Gasteiger partial charge in [-0.15, -0.1) is 0 Å². The van der Waals surface area contributed by atoms with Crippen molar-refractivity contribution in [2.75, 3.05) is 0 Å². The van der Waals surface area contributed by atoms with Gasteiger partial charge in [0, 0.05) is 30.3 Å². The molecule has 5 rings (SSSR count). The van der Waals surface area contributed by atoms with E-state index in [1.165, 1.54) is 6.07 Å². The summed E-state index contributed by atoms with van der Waals surface area (Å²) >= 11 is 0. The topological polar surface area (TPSA) is 175 Å². The average Bonchev–Trinajstić information content (AvgIpc) is 2.90. The molecule has 0 saturated heterocycles. The minimum Gasteiger partial charge on any atom is -0.508 e. The number of phenolic OH excluding ortho intramolecular Hbond substituents is 1. The first-order valence-electron chi connectivity index (χ1n) is 12.9. The zero-order valence-electron chi connectivity index (χ0n) is 21.5. The molecule has 0 aliphatic heterocycles. The van der Waals surface area contributed by atoms with E-state index in [4.69, 9.17) is 5.73 Å². The van der Waals surface area contributed by atoms with Gasteiger partial charge in [-0.1, -0.05) is 44.2 Å². The monoisotopic (exact) mass is 531 g/mol. The Kier molecular flexibility index (Phi) is 6.22. The summed E-state index contributed by atoms with van der Waals surface area (Å²) in [5.74, 6) is -6.71. The molecule has 2 aromatic carbocycles. The van der Waals surface area contributed by atoms with Crippen molar-refractivity contribution >= 4 is 29.0 Å². The van der Waals surface area contributed by atoms with Gasteiger partial charge in [-0.05, 0) is 47.1 Å². The van der Waals surface area contributed by atoms with E-state index in [1.54, 1.807) is 6.07 Å². The Morgan fingerprint density at radius 3 is 2.33 bits per heavy atom. The molecule has 0 spiro atoms. The number of benzene rings is 2. The largest absolute Gasteiger partial charge is 0.508 e. The summed E-state index contributed by atoms with van der Waals surface area (Å²) in [6, 6.07) is 10.5. The quantitative estimate of drug-likeness (QED) is 0.366. The molecule has 3 aliphatic carbocycles. The molecule has 3 aliphatic rings. The predicted octanol–water partition coefficient (Wildman–Crippen LogP) is 3.17. The van der Waals surface area contributed by atoms with Gasteiger partial charge in [0.25, 0.3) is 5.91 Å². The highest BCUT2D eigenvalue weighted by Crippen LogP contribution is 2.53. The molecule has 1 unspecified atom stereocenters. The summed E-state index contributed by atoms with van der Waals surface area (Å²) in [6.45, 7) is 3.67. The van der Waals surface area contributed by atoms with Gasteiger partial charge >= 0.3 is 0 Å². The van der Waals surface area contributed by atoms with Crippen LogP contribution in [0.4, 0.5) is 0 Å². The number of primary amides is 1. The molecule has 9 heteroatoms. The van der Waals surface area contributed by atoms with Gasteiger partial charge in [-0.2, -0.15) is 0 Å². The molecule has 39 heavy (non-hydrogen) atoms. The standard InChI is InChI=1S/C30H29NO8/c1-3-20(32)13(2)14-4-6-15(7-5-14)18-8-9-21(33)24-19(18)11-16-10-17-12-22(34)25(29(31)38)28(37)30(17,39)27(36)23(16)26(24)35/h4-9,13,16-17,33,35,37,39H,3,10-12H2,1-2H3,(H2,31,38)/t13?,16-,17+,30+/m1/s1. The Morgan fingerprint density at radius 2 is 1.72 bits per heavy atom. The molecule has 0 bridgehead atoms. The van der Waals surface area contributed by atoms with Crippen molar-refractivity contribution < 1.29 is 39.6 Å². The van der Waals surface area contributed by atoms with Crippen molar-refractivity contribution in [3.63, 3.8) is 0 Å². The number of ketones is 3. The molecular weight excluding hydrogens is 502 g/mol. The van der Waals surface area contributed by atoms with Crippen LogP contribution in [0.3, 0.4) is 0 Å². The Morgan fingerprint density at radius 1 is 1.05 bits per heavy atom. The minimum absolute atomic E-state index is 0.0400. The van der Waals surface area contributed by atoms with Crippen molar-refractivity contribution in [1.82, 2.24) is 0 Å². The van der Waals surface area contributed by atoms with Crippen molar-refractivity contribution in [3.05, 3.63) is 70.0 Å². The molecule has 0 heterocycles. The van der Waals surface area contributed by atoms with E-state index in [-0.39, 0.29) is 47.8 Å². The molecule has 2 aromatic rings. The molecule has 4 atom stereocenters. The zero-order valence-corrected chi connectivity index (χ0v) is 21.5. The average molecular weight is 532 g/mol. The Bertz CT molecular complexity index is 1520. The number of Topliss-reactive ketones (excluding diaryl/α,β-unsaturated/α-hetero) is 3. The summed E-state index contributed by atoms with van der Waals surface area (Å²) in [6.07, 6.45) is 0.338. The molecule has 1 amide bonds. The third kappa shape index (κ3) is 3.79. The van der Waals surface area contributed by atoms with Gasteiger partial charge in [0.15, 0.2) is 11.4 Å². The molecule has 202 valence electrons. The summed E-state index contributed by atoms with van der Waals surface area (Å²) in [7, 11) is 0. The van der Waals surface area contributed by atoms with Crippen LogP contribution in [0.1, 0.15) is 55.7 Å². The highest BCUT2D eigenvalue weighted by atomic mass is 16.3. The lowest BCUT2D eigenvalue weighted by Gasteiger charge is -2.46. The third-order valence-electron chi connectivity index (χ3n) is 8.50. The van der Waals surface area contributed by atoms with E-state index in [1.807, 2.05) is 38.1 Å². The smallest absolute Gasteiger partial charge is 0.255 e. The van der Waals surface area contributed by atoms with Crippen LogP contribution in [0.5, 0.6) is 5.75 Å². The lowest BCUT2D eigenvalue weighted by molar-refractivity contribution is -0.147. The molecule has 6 N–H and O–H groups in total. The van der Waals surface area contributed by atoms with Gasteiger partial charge < -0.3 is 26.2 Å². The second kappa shape index (κ2) is 9.20. The number of amides is 1. The number of carbonyl (C=O) groups is 4. The van der Waals surface area contributed by atoms with E-state index < -0.39 is 52.0 Å². The van der Waals surface area contributed by atoms with Crippen molar-refractivity contribution in [2.24, 2.45) is 17.6 Å². The number of aliphatic hydroxyl groups excluding tert-OH is 2. The zero-order chi connectivity index (χ0) is 28.4. The first kappa shape index (κ1) is 26.4. The Balaban J connectivity index is 1.62. The fraction of sp³-hybridized carbons (Fsp3) is 0.333. The van der Waals surface area contributed by atoms with Gasteiger partial charge in [0.1, 0.15) is 28.6 Å². The summed E-state index contributed by atoms with van der Waals surface area (Å²) in [5, 5.41) is 44.0. The second-order valence-corrected chi connectivity index (χ2v) is 10.6. The fourth-order valence-corrected chi connectivity index (χ4v) is 6.34. The van der Waals surface area contributed by atoms with Crippen LogP contribution < -0.4 is 5.73 Å². The first-order chi connectivity index (χ1) is 18.4. The lowest BCUT2D eigenvalue weighted by Crippen LogP contribution is -2.58. The van der Waals surface area contributed by atoms with Crippen LogP contribution in [0.2, 0.25) is 0 Å². The van der Waals surface area contributed by atoms with Crippen molar-refractivity contribution in [1.29, 1.82) is 0 Å². The number of phenols is 1. The predicted molar refractivity (Wildman–Crippen MR) is 141 cm³/mol. The van der Waals surface area contributed by atoms with E-state index >= 15 is 0 Å². The maximum Gasteiger partial charge on any atom is 0.255 e. The minimum atomic E-state index is -2.59. The summed E-state index contributed by atoms with van der Waals surface area (Å²) in [5.41, 5.74) is 4.62. The number of rotatable bonds is 5. The second-order valence-electron chi connectivity index (χ2n) is 10.6. The Labute approximate surface area is 224 Å². The molecule has 9 nitrogen and oxygen atoms in total. The summed E-state index contributed by atoms with van der Waals surface area (Å²) in [4.78, 5) is 50.1. The number of aromatic hydroxyl groups is 1. The first-order valence-corrected chi connectivity index (χ1v) is 12.9. The number of hydrogen-bond acceptors (Lipinski definition) is 8. The maximum atomic E-state index is 13.6. The molecule has 0 aromatic heterocycles. The van der Waals surface area contributed by atoms with Gasteiger partial charge in [0.05, 0.1) is 5.56 Å². The lowest BCUT2D eigenvalue weighted by atomic mass is 9.59. The van der Waals surface area contributed by atoms with Gasteiger partial charge in [-0.25, -0.2) is 0 Å². The van der Waals surface area contributed by atoms with Crippen molar-refractivity contribution in [2.45, 2.75) is 51.0 Å². The summed E-state index contributed by atoms with van der Waals surface area (Å²) < 4.78 is 0. The number of carbonyl (C=O) groups excluding carboxylic acids is 4. The molecular formula is C30H29NO8. The van der Waals surface area contributed by atoms with Crippen LogP contribution in [-0.4, -0.2) is 49.3 Å². The van der Waals surface area contributed by atoms with Crippen LogP contribution in [-0.2, 0) is 25.6 Å². The molecule has 1 saturated carbocycles. The fourth-order valence-electron chi connectivity index (χ4n) is 6.34. The number of nitrogens with two attached hydrogens (primary N) is 1. The third-order valence-corrected chi connectivity index (χ3v) is 8.50. The molecule has 1 fully saturated rings. The van der Waals surface area contributed by atoms with E-state index in [0.29, 0.717) is 17.5 Å². The van der Waals surface area contributed by atoms with Crippen LogP contribution in [0.15, 0.2) is 53.3 Å². The highest BCUT2D eigenvalue weighted by molar-refractivity contribution is 6.22. The number of fused-ring (bicyclic) bond motifs is 3. The molecule has 0 radical (unpaired) electrons. The van der Waals surface area contributed by atoms with Crippen LogP contribution in [0.25, 0.3) is 16.9 Å². The van der Waals surface area contributed by atoms with Crippen molar-refractivity contribution in [3.8, 4) is 16.9 Å². The number of hydrogen-bond donors (Lipinski definition) is 5. The van der Waals surface area contributed by atoms with Gasteiger partial charge in [0.2, 0.25) is 5.78 Å². The Hall–Kier alpha value is -4.24. The van der Waals surface area contributed by atoms with Crippen LogP contribution >= 0.6 is 0 Å². The maximum absolute atomic E-state index is 13.6.